The number of carbonyl (C=O) groups excluding carboxylic acids is 1. The summed E-state index contributed by atoms with van der Waals surface area (Å²) in [5, 5.41) is 21.6. The van der Waals surface area contributed by atoms with E-state index in [2.05, 4.69) is 5.32 Å². The Bertz CT molecular complexity index is 1210. The van der Waals surface area contributed by atoms with E-state index in [4.69, 9.17) is 14.6 Å². The van der Waals surface area contributed by atoms with Crippen molar-refractivity contribution in [2.24, 2.45) is 0 Å². The summed E-state index contributed by atoms with van der Waals surface area (Å²) in [7, 11) is 1.56. The number of nitrogens with one attached hydrogen (secondary N) is 1. The Balaban J connectivity index is 1.63. The van der Waals surface area contributed by atoms with E-state index in [9.17, 15) is 19.5 Å². The summed E-state index contributed by atoms with van der Waals surface area (Å²) in [6.45, 7) is 0.764. The van der Waals surface area contributed by atoms with Gasteiger partial charge in [0, 0.05) is 18.7 Å². The molecule has 0 spiro atoms. The molecule has 0 aromatic heterocycles. The van der Waals surface area contributed by atoms with Crippen LogP contribution in [-0.2, 0) is 33.9 Å². The average Bonchev–Trinajstić information content (AvgIpc) is 2.85. The molecule has 0 amide bonds. The smallest absolute Gasteiger partial charge is 0.335 e. The van der Waals surface area contributed by atoms with Crippen LogP contribution in [0.4, 0.5) is 0 Å². The van der Waals surface area contributed by atoms with Crippen LogP contribution in [-0.4, -0.2) is 41.8 Å². The molecule has 8 nitrogen and oxygen atoms in total. The maximum Gasteiger partial charge on any atom is 0.335 e. The Morgan fingerprint density at radius 2 is 1.71 bits per heavy atom. The number of benzene rings is 3. The highest BCUT2D eigenvalue weighted by molar-refractivity contribution is 5.89. The van der Waals surface area contributed by atoms with Crippen molar-refractivity contribution in [1.29, 1.82) is 0 Å². The molecule has 0 aliphatic carbocycles. The van der Waals surface area contributed by atoms with Gasteiger partial charge in [-0.2, -0.15) is 0 Å². The molecule has 0 atom stereocenters. The fraction of sp³-hybridized carbons (Fsp3) is 0.222. The zero-order valence-electron chi connectivity index (χ0n) is 19.3. The molecule has 0 aliphatic heterocycles. The lowest BCUT2D eigenvalue weighted by molar-refractivity contribution is -0.145. The topological polar surface area (TPSA) is 122 Å². The van der Waals surface area contributed by atoms with Crippen LogP contribution < -0.4 is 10.1 Å². The summed E-state index contributed by atoms with van der Waals surface area (Å²) >= 11 is 0. The molecule has 8 heteroatoms. The number of carbonyl (C=O) groups is 3. The van der Waals surface area contributed by atoms with Gasteiger partial charge in [-0.05, 0) is 40.5 Å². The van der Waals surface area contributed by atoms with Crippen LogP contribution in [0.15, 0.2) is 66.7 Å². The summed E-state index contributed by atoms with van der Waals surface area (Å²) in [4.78, 5) is 34.7. The monoisotopic (exact) mass is 477 g/mol. The lowest BCUT2D eigenvalue weighted by Gasteiger charge is -2.13. The Kier molecular flexibility index (Phi) is 8.97. The van der Waals surface area contributed by atoms with E-state index < -0.39 is 11.9 Å². The summed E-state index contributed by atoms with van der Waals surface area (Å²) in [6, 6.07) is 19.2. The van der Waals surface area contributed by atoms with Crippen molar-refractivity contribution >= 4 is 17.9 Å². The third-order valence-corrected chi connectivity index (χ3v) is 5.35. The molecular weight excluding hydrogens is 450 g/mol. The average molecular weight is 478 g/mol. The summed E-state index contributed by atoms with van der Waals surface area (Å²) < 4.78 is 10.6. The van der Waals surface area contributed by atoms with Crippen LogP contribution in [0, 0.1) is 0 Å². The first-order valence-electron chi connectivity index (χ1n) is 11.0. The number of carboxylic acid groups (broad SMARTS) is 2. The molecule has 35 heavy (non-hydrogen) atoms. The van der Waals surface area contributed by atoms with Gasteiger partial charge < -0.3 is 25.0 Å². The highest BCUT2D eigenvalue weighted by Gasteiger charge is 2.12. The van der Waals surface area contributed by atoms with E-state index in [-0.39, 0.29) is 31.0 Å². The minimum absolute atomic E-state index is 0.106. The van der Waals surface area contributed by atoms with Crippen molar-refractivity contribution in [3.8, 4) is 16.9 Å². The van der Waals surface area contributed by atoms with E-state index in [0.29, 0.717) is 24.4 Å². The second kappa shape index (κ2) is 12.3. The molecule has 0 aliphatic rings. The fourth-order valence-electron chi connectivity index (χ4n) is 3.64. The van der Waals surface area contributed by atoms with E-state index in [0.717, 1.165) is 22.3 Å². The minimum atomic E-state index is -1.04. The van der Waals surface area contributed by atoms with Crippen molar-refractivity contribution in [2.75, 3.05) is 13.7 Å². The number of aromatic carboxylic acids is 1. The Morgan fingerprint density at radius 3 is 2.46 bits per heavy atom. The maximum atomic E-state index is 12.2. The second-order valence-electron chi connectivity index (χ2n) is 7.85. The molecule has 0 heterocycles. The molecular formula is C27H27NO7. The van der Waals surface area contributed by atoms with Gasteiger partial charge in [-0.1, -0.05) is 48.5 Å². The van der Waals surface area contributed by atoms with Gasteiger partial charge in [-0.3, -0.25) is 9.59 Å². The molecule has 0 fully saturated rings. The SMILES string of the molecule is COc1ccccc1COC(=O)CCNCc1cc(C(=O)O)ccc1-c1cccc(CC(=O)O)c1. The summed E-state index contributed by atoms with van der Waals surface area (Å²) in [5.74, 6) is -1.69. The lowest BCUT2D eigenvalue weighted by atomic mass is 9.95. The Morgan fingerprint density at radius 1 is 0.914 bits per heavy atom. The highest BCUT2D eigenvalue weighted by atomic mass is 16.5. The predicted octanol–water partition coefficient (Wildman–Crippen LogP) is 3.91. The summed E-state index contributed by atoms with van der Waals surface area (Å²) in [5.41, 5.74) is 3.86. The van der Waals surface area contributed by atoms with E-state index >= 15 is 0 Å². The first-order valence-corrected chi connectivity index (χ1v) is 11.0. The van der Waals surface area contributed by atoms with Crippen LogP contribution in [0.1, 0.15) is 33.5 Å². The van der Waals surface area contributed by atoms with Gasteiger partial charge in [0.15, 0.2) is 0 Å². The molecule has 3 N–H and O–H groups in total. The number of hydrogen-bond acceptors (Lipinski definition) is 6. The number of esters is 1. The van der Waals surface area contributed by atoms with E-state index in [1.54, 1.807) is 43.5 Å². The second-order valence-corrected chi connectivity index (χ2v) is 7.85. The van der Waals surface area contributed by atoms with Gasteiger partial charge >= 0.3 is 17.9 Å². The first-order chi connectivity index (χ1) is 16.9. The van der Waals surface area contributed by atoms with E-state index in [1.807, 2.05) is 24.3 Å². The fourth-order valence-corrected chi connectivity index (χ4v) is 3.64. The van der Waals surface area contributed by atoms with E-state index in [1.165, 1.54) is 6.07 Å². The molecule has 0 radical (unpaired) electrons. The minimum Gasteiger partial charge on any atom is -0.496 e. The lowest BCUT2D eigenvalue weighted by Crippen LogP contribution is -2.19. The standard InChI is InChI=1S/C27H27NO7/c1-34-24-8-3-2-6-21(24)17-35-26(31)11-12-28-16-22-15-20(27(32)33)9-10-23(22)19-7-4-5-18(13-19)14-25(29)30/h2-10,13,15,28H,11-12,14,16-17H2,1H3,(H,29,30)(H,32,33). The highest BCUT2D eigenvalue weighted by Crippen LogP contribution is 2.26. The van der Waals surface area contributed by atoms with Gasteiger partial charge in [0.2, 0.25) is 0 Å². The number of carboxylic acids is 2. The normalized spacial score (nSPS) is 10.5. The number of rotatable bonds is 12. The van der Waals surface area contributed by atoms with Crippen LogP contribution in [0.25, 0.3) is 11.1 Å². The van der Waals surface area contributed by atoms with Crippen molar-refractivity contribution < 1.29 is 34.1 Å². The quantitative estimate of drug-likeness (QED) is 0.265. The van der Waals surface area contributed by atoms with Crippen molar-refractivity contribution in [3.05, 3.63) is 89.0 Å². The van der Waals surface area contributed by atoms with Gasteiger partial charge in [0.25, 0.3) is 0 Å². The van der Waals surface area contributed by atoms with Crippen LogP contribution >= 0.6 is 0 Å². The Hall–Kier alpha value is -4.17. The van der Waals surface area contributed by atoms with Gasteiger partial charge in [-0.25, -0.2) is 4.79 Å². The molecule has 182 valence electrons. The van der Waals surface area contributed by atoms with Crippen LogP contribution in [0.2, 0.25) is 0 Å². The van der Waals surface area contributed by atoms with Gasteiger partial charge in [0.1, 0.15) is 12.4 Å². The largest absolute Gasteiger partial charge is 0.496 e. The molecule has 3 rings (SSSR count). The zero-order valence-corrected chi connectivity index (χ0v) is 19.3. The zero-order chi connectivity index (χ0) is 25.2. The molecule has 3 aromatic rings. The third-order valence-electron chi connectivity index (χ3n) is 5.35. The maximum absolute atomic E-state index is 12.2. The molecule has 3 aromatic carbocycles. The third kappa shape index (κ3) is 7.41. The van der Waals surface area contributed by atoms with Crippen molar-refractivity contribution in [2.45, 2.75) is 26.0 Å². The molecule has 0 saturated heterocycles. The first kappa shape index (κ1) is 25.5. The summed E-state index contributed by atoms with van der Waals surface area (Å²) in [6.07, 6.45) is 0.0306. The number of ether oxygens (including phenoxy) is 2. The Labute approximate surface area is 203 Å². The van der Waals surface area contributed by atoms with Gasteiger partial charge in [-0.15, -0.1) is 0 Å². The number of aliphatic carboxylic acids is 1. The van der Waals surface area contributed by atoms with Gasteiger partial charge in [0.05, 0.1) is 25.5 Å². The van der Waals surface area contributed by atoms with Crippen molar-refractivity contribution in [1.82, 2.24) is 5.32 Å². The number of para-hydroxylation sites is 1. The van der Waals surface area contributed by atoms with Crippen LogP contribution in [0.3, 0.4) is 0 Å². The predicted molar refractivity (Wildman–Crippen MR) is 129 cm³/mol. The van der Waals surface area contributed by atoms with Crippen molar-refractivity contribution in [3.63, 3.8) is 0 Å². The van der Waals surface area contributed by atoms with Crippen LogP contribution in [0.5, 0.6) is 5.75 Å². The molecule has 0 unspecified atom stereocenters. The number of methoxy groups -OCH3 is 1. The number of hydrogen-bond donors (Lipinski definition) is 3. The molecule has 0 saturated carbocycles. The molecule has 0 bridgehead atoms.